The Morgan fingerprint density at radius 3 is 2.81 bits per heavy atom. The third kappa shape index (κ3) is 3.08. The first-order valence-electron chi connectivity index (χ1n) is 4.81. The topological polar surface area (TPSA) is 20.2 Å². The minimum Gasteiger partial charge on any atom is -0.388 e. The van der Waals surface area contributed by atoms with E-state index in [1.54, 1.807) is 17.4 Å². The van der Waals surface area contributed by atoms with Crippen molar-refractivity contribution >= 4 is 38.9 Å². The zero-order valence-electron chi connectivity index (χ0n) is 8.36. The Bertz CT molecular complexity index is 450. The predicted molar refractivity (Wildman–Crippen MR) is 72.1 cm³/mol. The summed E-state index contributed by atoms with van der Waals surface area (Å²) in [7, 11) is 0. The molecule has 0 aliphatic heterocycles. The van der Waals surface area contributed by atoms with Crippen molar-refractivity contribution in [2.75, 3.05) is 0 Å². The molecule has 4 heteroatoms. The molecule has 1 nitrogen and oxygen atoms in total. The molecule has 0 aliphatic rings. The van der Waals surface area contributed by atoms with Gasteiger partial charge in [-0.05, 0) is 35.2 Å². The fraction of sp³-hybridized carbons (Fsp3) is 0.167. The number of benzene rings is 1. The summed E-state index contributed by atoms with van der Waals surface area (Å²) >= 11 is 11.0. The SMILES string of the molecule is OC(Cc1cccs1)c1cc(Cl)cc(Br)c1. The molecule has 1 aromatic carbocycles. The smallest absolute Gasteiger partial charge is 0.0839 e. The highest BCUT2D eigenvalue weighted by molar-refractivity contribution is 9.10. The highest BCUT2D eigenvalue weighted by Gasteiger charge is 2.10. The Morgan fingerprint density at radius 1 is 1.38 bits per heavy atom. The highest BCUT2D eigenvalue weighted by atomic mass is 79.9. The Kier molecular flexibility index (Phi) is 4.03. The molecule has 84 valence electrons. The second kappa shape index (κ2) is 5.32. The minimum atomic E-state index is -0.506. The number of thiophene rings is 1. The number of hydrogen-bond acceptors (Lipinski definition) is 2. The van der Waals surface area contributed by atoms with Crippen LogP contribution in [-0.2, 0) is 6.42 Å². The molecule has 16 heavy (non-hydrogen) atoms. The average Bonchev–Trinajstić information content (AvgIpc) is 2.68. The van der Waals surface area contributed by atoms with Gasteiger partial charge in [0.1, 0.15) is 0 Å². The Morgan fingerprint density at radius 2 is 2.19 bits per heavy atom. The Labute approximate surface area is 112 Å². The monoisotopic (exact) mass is 316 g/mol. The van der Waals surface area contributed by atoms with E-state index in [4.69, 9.17) is 11.6 Å². The maximum Gasteiger partial charge on any atom is 0.0839 e. The number of hydrogen-bond donors (Lipinski definition) is 1. The van der Waals surface area contributed by atoms with Gasteiger partial charge in [0, 0.05) is 20.8 Å². The lowest BCUT2D eigenvalue weighted by molar-refractivity contribution is 0.179. The molecule has 0 aliphatic carbocycles. The fourth-order valence-corrected chi connectivity index (χ4v) is 3.13. The lowest BCUT2D eigenvalue weighted by Crippen LogP contribution is -2.00. The van der Waals surface area contributed by atoms with Crippen LogP contribution in [0.1, 0.15) is 16.5 Å². The van der Waals surface area contributed by atoms with Gasteiger partial charge in [-0.3, -0.25) is 0 Å². The lowest BCUT2D eigenvalue weighted by atomic mass is 10.1. The van der Waals surface area contributed by atoms with Crippen LogP contribution in [0.25, 0.3) is 0 Å². The zero-order valence-corrected chi connectivity index (χ0v) is 11.5. The van der Waals surface area contributed by atoms with Crippen molar-refractivity contribution in [2.45, 2.75) is 12.5 Å². The first kappa shape index (κ1) is 12.1. The summed E-state index contributed by atoms with van der Waals surface area (Å²) in [6.07, 6.45) is 0.124. The van der Waals surface area contributed by atoms with Gasteiger partial charge >= 0.3 is 0 Å². The Hall–Kier alpha value is -0.350. The molecule has 0 radical (unpaired) electrons. The normalized spacial score (nSPS) is 12.7. The van der Waals surface area contributed by atoms with Crippen molar-refractivity contribution in [1.82, 2.24) is 0 Å². The van der Waals surface area contributed by atoms with Crippen LogP contribution in [0, 0.1) is 0 Å². The predicted octanol–water partition coefficient (Wildman–Crippen LogP) is 4.44. The van der Waals surface area contributed by atoms with E-state index in [9.17, 15) is 5.11 Å². The molecule has 0 spiro atoms. The van der Waals surface area contributed by atoms with Crippen LogP contribution in [0.2, 0.25) is 5.02 Å². The summed E-state index contributed by atoms with van der Waals surface area (Å²) < 4.78 is 0.889. The molecular weight excluding hydrogens is 308 g/mol. The number of aliphatic hydroxyl groups excluding tert-OH is 1. The molecule has 0 amide bonds. The molecule has 1 unspecified atom stereocenters. The summed E-state index contributed by atoms with van der Waals surface area (Å²) in [4.78, 5) is 1.17. The molecule has 0 fully saturated rings. The van der Waals surface area contributed by atoms with Gasteiger partial charge in [-0.25, -0.2) is 0 Å². The van der Waals surface area contributed by atoms with Crippen LogP contribution < -0.4 is 0 Å². The molecule has 0 saturated carbocycles. The number of rotatable bonds is 3. The largest absolute Gasteiger partial charge is 0.388 e. The molecule has 2 rings (SSSR count). The van der Waals surface area contributed by atoms with E-state index in [0.717, 1.165) is 10.0 Å². The first-order chi connectivity index (χ1) is 7.65. The summed E-state index contributed by atoms with van der Waals surface area (Å²) in [5.41, 5.74) is 0.841. The van der Waals surface area contributed by atoms with Crippen molar-refractivity contribution in [3.05, 3.63) is 55.6 Å². The van der Waals surface area contributed by atoms with Crippen molar-refractivity contribution in [3.63, 3.8) is 0 Å². The van der Waals surface area contributed by atoms with Crippen LogP contribution in [0.4, 0.5) is 0 Å². The average molecular weight is 318 g/mol. The van der Waals surface area contributed by atoms with Crippen LogP contribution in [0.5, 0.6) is 0 Å². The summed E-state index contributed by atoms with van der Waals surface area (Å²) in [5.74, 6) is 0. The van der Waals surface area contributed by atoms with Crippen molar-refractivity contribution in [1.29, 1.82) is 0 Å². The number of aliphatic hydroxyl groups is 1. The van der Waals surface area contributed by atoms with Crippen LogP contribution in [-0.4, -0.2) is 5.11 Å². The van der Waals surface area contributed by atoms with Crippen molar-refractivity contribution < 1.29 is 5.11 Å². The van der Waals surface area contributed by atoms with Gasteiger partial charge in [0.25, 0.3) is 0 Å². The minimum absolute atomic E-state index is 0.506. The van der Waals surface area contributed by atoms with E-state index in [1.807, 2.05) is 29.6 Å². The van der Waals surface area contributed by atoms with Crippen LogP contribution in [0.15, 0.2) is 40.2 Å². The lowest BCUT2D eigenvalue weighted by Gasteiger charge is -2.10. The van der Waals surface area contributed by atoms with Gasteiger partial charge in [0.05, 0.1) is 6.10 Å². The highest BCUT2D eigenvalue weighted by Crippen LogP contribution is 2.26. The van der Waals surface area contributed by atoms with E-state index in [-0.39, 0.29) is 0 Å². The standard InChI is InChI=1S/C12H10BrClOS/c13-9-4-8(5-10(14)6-9)12(15)7-11-2-1-3-16-11/h1-6,12,15H,7H2. The van der Waals surface area contributed by atoms with Crippen LogP contribution >= 0.6 is 38.9 Å². The van der Waals surface area contributed by atoms with Gasteiger partial charge in [-0.2, -0.15) is 0 Å². The van der Waals surface area contributed by atoms with E-state index < -0.39 is 6.10 Å². The van der Waals surface area contributed by atoms with Gasteiger partial charge in [0.2, 0.25) is 0 Å². The van der Waals surface area contributed by atoms with Gasteiger partial charge < -0.3 is 5.11 Å². The molecule has 1 N–H and O–H groups in total. The van der Waals surface area contributed by atoms with E-state index >= 15 is 0 Å². The van der Waals surface area contributed by atoms with Gasteiger partial charge in [-0.15, -0.1) is 11.3 Å². The molecule has 1 atom stereocenters. The molecule has 1 aromatic heterocycles. The quantitative estimate of drug-likeness (QED) is 0.887. The molecule has 0 saturated heterocycles. The maximum atomic E-state index is 10.1. The van der Waals surface area contributed by atoms with E-state index in [2.05, 4.69) is 15.9 Å². The van der Waals surface area contributed by atoms with Crippen molar-refractivity contribution in [3.8, 4) is 0 Å². The summed E-state index contributed by atoms with van der Waals surface area (Å²) in [5, 5.41) is 12.7. The first-order valence-corrected chi connectivity index (χ1v) is 6.86. The fourth-order valence-electron chi connectivity index (χ4n) is 1.50. The van der Waals surface area contributed by atoms with E-state index in [1.165, 1.54) is 4.88 Å². The van der Waals surface area contributed by atoms with Gasteiger partial charge in [-0.1, -0.05) is 33.6 Å². The second-order valence-electron chi connectivity index (χ2n) is 3.50. The summed E-state index contributed by atoms with van der Waals surface area (Å²) in [6, 6.07) is 9.51. The molecular formula is C12H10BrClOS. The molecule has 0 bridgehead atoms. The second-order valence-corrected chi connectivity index (χ2v) is 5.89. The zero-order chi connectivity index (χ0) is 11.5. The van der Waals surface area contributed by atoms with Crippen LogP contribution in [0.3, 0.4) is 0 Å². The van der Waals surface area contributed by atoms with Crippen molar-refractivity contribution in [2.24, 2.45) is 0 Å². The molecule has 2 aromatic rings. The maximum absolute atomic E-state index is 10.1. The molecule has 1 heterocycles. The number of halogens is 2. The Balaban J connectivity index is 2.17. The summed E-state index contributed by atoms with van der Waals surface area (Å²) in [6.45, 7) is 0. The third-order valence-corrected chi connectivity index (χ3v) is 3.82. The van der Waals surface area contributed by atoms with Gasteiger partial charge in [0.15, 0.2) is 0 Å². The van der Waals surface area contributed by atoms with E-state index in [0.29, 0.717) is 11.4 Å². The third-order valence-electron chi connectivity index (χ3n) is 2.24.